The molecule has 1 fully saturated rings. The first kappa shape index (κ1) is 14.9. The van der Waals surface area contributed by atoms with Gasteiger partial charge in [-0.25, -0.2) is 0 Å². The molecule has 0 unspecified atom stereocenters. The number of nitrogens with two attached hydrogens (primary N) is 1. The third-order valence-corrected chi connectivity index (χ3v) is 1.32. The van der Waals surface area contributed by atoms with Crippen LogP contribution in [0.25, 0.3) is 0 Å². The number of piperidine rings is 1. The van der Waals surface area contributed by atoms with Crippen molar-refractivity contribution in [1.29, 1.82) is 0 Å². The Hall–Kier alpha value is -0.550. The summed E-state index contributed by atoms with van der Waals surface area (Å²) in [6.07, 6.45) is 4.36. The molecule has 6 nitrogen and oxygen atoms in total. The predicted octanol–water partition coefficient (Wildman–Crippen LogP) is -2.27. The first-order chi connectivity index (χ1) is 6.15. The molecule has 0 aromatic carbocycles. The minimum Gasteiger partial charge on any atom is -0.554 e. The largest absolute Gasteiger partial charge is 0.692 e. The van der Waals surface area contributed by atoms with Crippen molar-refractivity contribution in [2.45, 2.75) is 19.3 Å². The highest BCUT2D eigenvalue weighted by Crippen LogP contribution is 1.98. The SMILES string of the molecule is C1CC[NH2+]CC1.O=C[O-].O=[P+](O)O. The van der Waals surface area contributed by atoms with Gasteiger partial charge >= 0.3 is 8.25 Å². The summed E-state index contributed by atoms with van der Waals surface area (Å²) in [5.41, 5.74) is 0. The van der Waals surface area contributed by atoms with E-state index in [4.69, 9.17) is 24.3 Å². The maximum Gasteiger partial charge on any atom is 0.692 e. The fourth-order valence-corrected chi connectivity index (χ4v) is 0.898. The first-order valence-corrected chi connectivity index (χ1v) is 5.04. The fourth-order valence-electron chi connectivity index (χ4n) is 0.898. The van der Waals surface area contributed by atoms with Crippen molar-refractivity contribution in [2.24, 2.45) is 0 Å². The van der Waals surface area contributed by atoms with E-state index in [0.717, 1.165) is 0 Å². The zero-order valence-electron chi connectivity index (χ0n) is 7.26. The van der Waals surface area contributed by atoms with E-state index in [2.05, 4.69) is 5.32 Å². The number of hydrogen-bond acceptors (Lipinski definition) is 3. The van der Waals surface area contributed by atoms with E-state index in [1.54, 1.807) is 0 Å². The van der Waals surface area contributed by atoms with Gasteiger partial charge in [-0.2, -0.15) is 0 Å². The molecule has 0 aromatic heterocycles. The first-order valence-electron chi connectivity index (χ1n) is 3.87. The van der Waals surface area contributed by atoms with Crippen molar-refractivity contribution in [3.63, 3.8) is 0 Å². The smallest absolute Gasteiger partial charge is 0.554 e. The van der Waals surface area contributed by atoms with E-state index >= 15 is 0 Å². The second kappa shape index (κ2) is 14.0. The van der Waals surface area contributed by atoms with E-state index in [1.807, 2.05) is 0 Å². The molecule has 1 aliphatic rings. The summed E-state index contributed by atoms with van der Waals surface area (Å²) >= 11 is 0. The van der Waals surface area contributed by atoms with E-state index in [-0.39, 0.29) is 0 Å². The third-order valence-electron chi connectivity index (χ3n) is 1.32. The van der Waals surface area contributed by atoms with Crippen molar-refractivity contribution in [1.82, 2.24) is 0 Å². The lowest BCUT2D eigenvalue weighted by atomic mass is 10.2. The van der Waals surface area contributed by atoms with Gasteiger partial charge in [-0.1, -0.05) is 0 Å². The van der Waals surface area contributed by atoms with Crippen molar-refractivity contribution >= 4 is 14.7 Å². The molecule has 0 amide bonds. The molecule has 13 heavy (non-hydrogen) atoms. The lowest BCUT2D eigenvalue weighted by molar-refractivity contribution is -0.662. The summed E-state index contributed by atoms with van der Waals surface area (Å²) < 4.78 is 8.70. The van der Waals surface area contributed by atoms with Crippen LogP contribution < -0.4 is 10.4 Å². The zero-order valence-corrected chi connectivity index (χ0v) is 8.15. The fraction of sp³-hybridized carbons (Fsp3) is 0.833. The predicted molar refractivity (Wildman–Crippen MR) is 43.6 cm³/mol. The van der Waals surface area contributed by atoms with E-state index in [9.17, 15) is 0 Å². The van der Waals surface area contributed by atoms with Crippen molar-refractivity contribution < 1.29 is 29.6 Å². The van der Waals surface area contributed by atoms with Crippen LogP contribution in [-0.4, -0.2) is 29.3 Å². The Morgan fingerprint density at radius 3 is 1.62 bits per heavy atom. The molecular weight excluding hydrogens is 197 g/mol. The average molecular weight is 212 g/mol. The van der Waals surface area contributed by atoms with Gasteiger partial charge in [0.25, 0.3) is 0 Å². The lowest BCUT2D eigenvalue weighted by Crippen LogP contribution is -2.85. The highest BCUT2D eigenvalue weighted by atomic mass is 31.1. The van der Waals surface area contributed by atoms with Crippen LogP contribution in [0, 0.1) is 0 Å². The molecule has 0 saturated carbocycles. The molecule has 1 heterocycles. The molecule has 0 bridgehead atoms. The average Bonchev–Trinajstić information content (AvgIpc) is 2.08. The summed E-state index contributed by atoms with van der Waals surface area (Å²) in [4.78, 5) is 22.5. The van der Waals surface area contributed by atoms with Gasteiger partial charge in [-0.05, 0) is 19.3 Å². The molecule has 1 aliphatic heterocycles. The van der Waals surface area contributed by atoms with Gasteiger partial charge < -0.3 is 15.2 Å². The van der Waals surface area contributed by atoms with Gasteiger partial charge in [-0.15, -0.1) is 9.79 Å². The standard InChI is InChI=1S/C5H11N.CH2O2.HO3P/c1-2-4-6-5-3-1;2-1-3;1-4(2)3/h6H,1-5H2;1H,(H,2,3);(H-,1,2,3)/p+1. The number of hydrogen-bond donors (Lipinski definition) is 3. The zero-order chi connectivity index (χ0) is 10.5. The Morgan fingerprint density at radius 2 is 1.54 bits per heavy atom. The molecule has 7 heteroatoms. The Morgan fingerprint density at radius 1 is 1.23 bits per heavy atom. The normalized spacial score (nSPS) is 14.0. The summed E-state index contributed by atoms with van der Waals surface area (Å²) in [7, 11) is -2.87. The van der Waals surface area contributed by atoms with Crippen molar-refractivity contribution in [3.05, 3.63) is 0 Å². The Balaban J connectivity index is 0. The summed E-state index contributed by atoms with van der Waals surface area (Å²) in [6, 6.07) is 0. The van der Waals surface area contributed by atoms with Crippen LogP contribution in [0.3, 0.4) is 0 Å². The maximum absolute atomic E-state index is 8.70. The minimum atomic E-state index is -2.87. The van der Waals surface area contributed by atoms with Crippen LogP contribution >= 0.6 is 8.25 Å². The van der Waals surface area contributed by atoms with Gasteiger partial charge in [0.1, 0.15) is 0 Å². The molecule has 0 aliphatic carbocycles. The van der Waals surface area contributed by atoms with Crippen LogP contribution in [0.2, 0.25) is 0 Å². The second-order valence-corrected chi connectivity index (χ2v) is 2.78. The summed E-state index contributed by atoms with van der Waals surface area (Å²) in [5.74, 6) is 0. The molecule has 1 rings (SSSR count). The van der Waals surface area contributed by atoms with Gasteiger partial charge in [0.15, 0.2) is 0 Å². The molecule has 4 N–H and O–H groups in total. The van der Waals surface area contributed by atoms with Gasteiger partial charge in [-0.3, -0.25) is 0 Å². The van der Waals surface area contributed by atoms with Crippen LogP contribution in [0.5, 0.6) is 0 Å². The highest BCUT2D eigenvalue weighted by molar-refractivity contribution is 7.30. The Labute approximate surface area is 77.5 Å². The van der Waals surface area contributed by atoms with E-state index < -0.39 is 14.7 Å². The monoisotopic (exact) mass is 212 g/mol. The van der Waals surface area contributed by atoms with Crippen molar-refractivity contribution in [3.8, 4) is 0 Å². The van der Waals surface area contributed by atoms with Crippen LogP contribution in [-0.2, 0) is 9.36 Å². The quantitative estimate of drug-likeness (QED) is 0.309. The molecule has 78 valence electrons. The van der Waals surface area contributed by atoms with E-state index in [0.29, 0.717) is 0 Å². The molecule has 1 saturated heterocycles. The van der Waals surface area contributed by atoms with Gasteiger partial charge in [0.05, 0.1) is 13.1 Å². The van der Waals surface area contributed by atoms with Gasteiger partial charge in [0.2, 0.25) is 0 Å². The number of carbonyl (C=O) groups is 1. The minimum absolute atomic E-state index is 0.500. The summed E-state index contributed by atoms with van der Waals surface area (Å²) in [6.45, 7) is 2.25. The highest BCUT2D eigenvalue weighted by Gasteiger charge is 1.97. The maximum atomic E-state index is 8.70. The lowest BCUT2D eigenvalue weighted by Gasteiger charge is -2.05. The topological polar surface area (TPSA) is 114 Å². The van der Waals surface area contributed by atoms with Gasteiger partial charge in [0, 0.05) is 11.0 Å². The molecule has 0 spiro atoms. The summed E-state index contributed by atoms with van der Waals surface area (Å²) in [5, 5.41) is 10.6. The third kappa shape index (κ3) is 34.4. The second-order valence-electron chi connectivity index (χ2n) is 2.28. The number of carbonyl (C=O) groups excluding carboxylic acids is 1. The van der Waals surface area contributed by atoms with Crippen molar-refractivity contribution in [2.75, 3.05) is 13.1 Å². The van der Waals surface area contributed by atoms with E-state index in [1.165, 1.54) is 32.4 Å². The molecule has 0 aromatic rings. The number of carboxylic acid groups (broad SMARTS) is 1. The molecule has 0 radical (unpaired) electrons. The molecule has 0 atom stereocenters. The molecular formula is C6H15NO5P+. The van der Waals surface area contributed by atoms with Crippen LogP contribution in [0.15, 0.2) is 0 Å². The van der Waals surface area contributed by atoms with Crippen LogP contribution in [0.1, 0.15) is 19.3 Å². The Bertz CT molecular complexity index is 113. The Kier molecular flexibility index (Phi) is 16.1. The number of rotatable bonds is 0. The van der Waals surface area contributed by atoms with Crippen LogP contribution in [0.4, 0.5) is 0 Å². The number of quaternary nitrogens is 1.